The van der Waals surface area contributed by atoms with Gasteiger partial charge in [-0.3, -0.25) is 9.98 Å². The molecule has 4 nitrogen and oxygen atoms in total. The molecule has 0 heterocycles. The first-order valence-corrected chi connectivity index (χ1v) is 11.1. The van der Waals surface area contributed by atoms with Crippen LogP contribution in [0.4, 0.5) is 0 Å². The molecule has 0 aromatic rings. The average molecular weight is 367 g/mol. The second-order valence-corrected chi connectivity index (χ2v) is 7.61. The largest absolute Gasteiger partial charge is 0.374 e. The van der Waals surface area contributed by atoms with Crippen molar-refractivity contribution in [3.8, 4) is 0 Å². The molecule has 0 aliphatic carbocycles. The molecule has 4 heteroatoms. The van der Waals surface area contributed by atoms with Crippen LogP contribution in [0.5, 0.6) is 0 Å². The second kappa shape index (κ2) is 18.7. The summed E-state index contributed by atoms with van der Waals surface area (Å²) in [4.78, 5) is 9.25. The Hall–Kier alpha value is -1.06. The fourth-order valence-corrected chi connectivity index (χ4v) is 2.83. The van der Waals surface area contributed by atoms with Crippen LogP contribution < -0.4 is 10.6 Å². The van der Waals surface area contributed by atoms with Crippen LogP contribution in [0.2, 0.25) is 0 Å². The van der Waals surface area contributed by atoms with Gasteiger partial charge in [-0.05, 0) is 45.4 Å². The highest BCUT2D eigenvalue weighted by molar-refractivity contribution is 5.79. The number of amidine groups is 2. The molecule has 0 aliphatic heterocycles. The average Bonchev–Trinajstić information content (AvgIpc) is 2.63. The maximum atomic E-state index is 4.64. The molecule has 0 fully saturated rings. The van der Waals surface area contributed by atoms with Gasteiger partial charge in [0.25, 0.3) is 0 Å². The lowest BCUT2D eigenvalue weighted by molar-refractivity contribution is 0.504. The van der Waals surface area contributed by atoms with Crippen LogP contribution in [-0.4, -0.2) is 37.9 Å². The first-order valence-electron chi connectivity index (χ1n) is 11.1. The molecule has 0 aromatic carbocycles. The lowest BCUT2D eigenvalue weighted by Gasteiger charge is -2.13. The molecule has 0 rings (SSSR count). The molecule has 1 atom stereocenters. The molecule has 26 heavy (non-hydrogen) atoms. The van der Waals surface area contributed by atoms with Gasteiger partial charge in [-0.2, -0.15) is 0 Å². The van der Waals surface area contributed by atoms with Gasteiger partial charge in [-0.15, -0.1) is 0 Å². The van der Waals surface area contributed by atoms with Crippen molar-refractivity contribution in [3.05, 3.63) is 0 Å². The van der Waals surface area contributed by atoms with E-state index in [1.807, 2.05) is 0 Å². The van der Waals surface area contributed by atoms with E-state index in [2.05, 4.69) is 55.2 Å². The van der Waals surface area contributed by atoms with E-state index in [4.69, 9.17) is 0 Å². The fraction of sp³-hybridized carbons (Fsp3) is 0.909. The quantitative estimate of drug-likeness (QED) is 0.213. The van der Waals surface area contributed by atoms with Gasteiger partial charge in [0.2, 0.25) is 0 Å². The predicted molar refractivity (Wildman–Crippen MR) is 119 cm³/mol. The highest BCUT2D eigenvalue weighted by Crippen LogP contribution is 2.04. The Morgan fingerprint density at radius 1 is 0.731 bits per heavy atom. The highest BCUT2D eigenvalue weighted by Gasteiger charge is 2.02. The van der Waals surface area contributed by atoms with Crippen LogP contribution in [0.25, 0.3) is 0 Å². The molecule has 2 N–H and O–H groups in total. The van der Waals surface area contributed by atoms with Crippen LogP contribution in [0.1, 0.15) is 98.8 Å². The molecular weight excluding hydrogens is 320 g/mol. The molecular formula is C22H46N4. The lowest BCUT2D eigenvalue weighted by Crippen LogP contribution is -2.26. The Morgan fingerprint density at radius 3 is 1.96 bits per heavy atom. The molecule has 154 valence electrons. The van der Waals surface area contributed by atoms with Gasteiger partial charge in [0, 0.05) is 26.2 Å². The Morgan fingerprint density at radius 2 is 1.31 bits per heavy atom. The molecule has 0 amide bonds. The standard InChI is InChI=1S/C22H46N4/c1-6-8-10-12-16-23-21(4)25-18-14-15-20(3)19-26-22(5)24-17-13-11-9-7-2/h20H,6-19H2,1-5H3,(H,23,25)(H,24,26). The Balaban J connectivity index is 3.64. The lowest BCUT2D eigenvalue weighted by atomic mass is 10.1. The topological polar surface area (TPSA) is 48.8 Å². The van der Waals surface area contributed by atoms with Gasteiger partial charge in [0.15, 0.2) is 0 Å². The number of hydrogen-bond donors (Lipinski definition) is 2. The van der Waals surface area contributed by atoms with E-state index < -0.39 is 0 Å². The molecule has 0 bridgehead atoms. The SMILES string of the molecule is CCCCCCN=C(C)NCC(C)CCCN=C(C)NCCCCCC. The first-order chi connectivity index (χ1) is 12.6. The van der Waals surface area contributed by atoms with E-state index >= 15 is 0 Å². The van der Waals surface area contributed by atoms with Crippen molar-refractivity contribution < 1.29 is 0 Å². The van der Waals surface area contributed by atoms with Crippen molar-refractivity contribution in [2.24, 2.45) is 15.9 Å². The van der Waals surface area contributed by atoms with Crippen LogP contribution in [0.15, 0.2) is 9.98 Å². The Labute approximate surface area is 163 Å². The highest BCUT2D eigenvalue weighted by atomic mass is 15.0. The maximum absolute atomic E-state index is 4.64. The van der Waals surface area contributed by atoms with Crippen LogP contribution in [0, 0.1) is 5.92 Å². The van der Waals surface area contributed by atoms with Gasteiger partial charge in [0.05, 0.1) is 11.7 Å². The molecule has 0 radical (unpaired) electrons. The predicted octanol–water partition coefficient (Wildman–Crippen LogP) is 5.58. The summed E-state index contributed by atoms with van der Waals surface area (Å²) in [5, 5.41) is 6.89. The van der Waals surface area contributed by atoms with Gasteiger partial charge in [-0.25, -0.2) is 0 Å². The summed E-state index contributed by atoms with van der Waals surface area (Å²) in [5.74, 6) is 2.85. The number of aliphatic imine (C=N–C) groups is 2. The minimum absolute atomic E-state index is 0.665. The first kappa shape index (κ1) is 24.9. The van der Waals surface area contributed by atoms with Gasteiger partial charge < -0.3 is 10.6 Å². The van der Waals surface area contributed by atoms with E-state index in [9.17, 15) is 0 Å². The molecule has 0 aromatic heterocycles. The minimum atomic E-state index is 0.665. The molecule has 0 spiro atoms. The van der Waals surface area contributed by atoms with Crippen molar-refractivity contribution >= 4 is 11.7 Å². The summed E-state index contributed by atoms with van der Waals surface area (Å²) in [6, 6.07) is 0. The van der Waals surface area contributed by atoms with Crippen molar-refractivity contribution in [1.29, 1.82) is 0 Å². The number of hydrogen-bond acceptors (Lipinski definition) is 2. The second-order valence-electron chi connectivity index (χ2n) is 7.61. The Kier molecular flexibility index (Phi) is 18.0. The Bertz CT molecular complexity index is 363. The molecule has 1 unspecified atom stereocenters. The zero-order valence-corrected chi connectivity index (χ0v) is 18.4. The van der Waals surface area contributed by atoms with E-state index in [-0.39, 0.29) is 0 Å². The summed E-state index contributed by atoms with van der Waals surface area (Å²) in [6.07, 6.45) is 12.7. The van der Waals surface area contributed by atoms with E-state index in [0.717, 1.165) is 44.3 Å². The van der Waals surface area contributed by atoms with Crippen LogP contribution in [-0.2, 0) is 0 Å². The van der Waals surface area contributed by atoms with Crippen molar-refractivity contribution in [3.63, 3.8) is 0 Å². The van der Waals surface area contributed by atoms with E-state index in [1.165, 1.54) is 57.8 Å². The summed E-state index contributed by atoms with van der Waals surface area (Å²) in [7, 11) is 0. The van der Waals surface area contributed by atoms with E-state index in [0.29, 0.717) is 5.92 Å². The number of nitrogens with one attached hydrogen (secondary N) is 2. The zero-order chi connectivity index (χ0) is 19.5. The van der Waals surface area contributed by atoms with Gasteiger partial charge in [0.1, 0.15) is 0 Å². The third-order valence-electron chi connectivity index (χ3n) is 4.68. The van der Waals surface area contributed by atoms with Crippen LogP contribution in [0.3, 0.4) is 0 Å². The number of rotatable bonds is 16. The number of unbranched alkanes of at least 4 members (excludes halogenated alkanes) is 6. The third-order valence-corrected chi connectivity index (χ3v) is 4.68. The van der Waals surface area contributed by atoms with Gasteiger partial charge in [-0.1, -0.05) is 59.3 Å². The summed E-state index contributed by atoms with van der Waals surface area (Å²) < 4.78 is 0. The minimum Gasteiger partial charge on any atom is -0.374 e. The smallest absolute Gasteiger partial charge is 0.0931 e. The number of nitrogens with zero attached hydrogens (tertiary/aromatic N) is 2. The van der Waals surface area contributed by atoms with Crippen molar-refractivity contribution in [1.82, 2.24) is 10.6 Å². The van der Waals surface area contributed by atoms with Crippen molar-refractivity contribution in [2.75, 3.05) is 26.2 Å². The zero-order valence-electron chi connectivity index (χ0n) is 18.4. The fourth-order valence-electron chi connectivity index (χ4n) is 2.83. The molecule has 0 saturated carbocycles. The van der Waals surface area contributed by atoms with Crippen LogP contribution >= 0.6 is 0 Å². The molecule has 0 saturated heterocycles. The monoisotopic (exact) mass is 366 g/mol. The normalized spacial score (nSPS) is 13.7. The van der Waals surface area contributed by atoms with Gasteiger partial charge >= 0.3 is 0 Å². The summed E-state index contributed by atoms with van der Waals surface area (Å²) in [6.45, 7) is 15.0. The van der Waals surface area contributed by atoms with Crippen molar-refractivity contribution in [2.45, 2.75) is 98.8 Å². The third kappa shape index (κ3) is 17.8. The summed E-state index contributed by atoms with van der Waals surface area (Å²) in [5.41, 5.74) is 0. The van der Waals surface area contributed by atoms with E-state index in [1.54, 1.807) is 0 Å². The summed E-state index contributed by atoms with van der Waals surface area (Å²) >= 11 is 0. The maximum Gasteiger partial charge on any atom is 0.0931 e. The molecule has 0 aliphatic rings.